The van der Waals surface area contributed by atoms with Crippen molar-refractivity contribution >= 4 is 17.7 Å². The number of amides is 2. The van der Waals surface area contributed by atoms with Gasteiger partial charge in [0.25, 0.3) is 0 Å². The van der Waals surface area contributed by atoms with Gasteiger partial charge in [-0.25, -0.2) is 9.18 Å². The number of methoxy groups -OCH3 is 1. The highest BCUT2D eigenvalue weighted by atomic mass is 19.1. The Kier molecular flexibility index (Phi) is 4.89. The van der Waals surface area contributed by atoms with Crippen molar-refractivity contribution in [2.75, 3.05) is 17.7 Å². The van der Waals surface area contributed by atoms with Gasteiger partial charge in [-0.2, -0.15) is 0 Å². The van der Waals surface area contributed by atoms with Gasteiger partial charge in [-0.15, -0.1) is 5.10 Å². The van der Waals surface area contributed by atoms with Gasteiger partial charge in [0.15, 0.2) is 0 Å². The maximum absolute atomic E-state index is 12.9. The predicted octanol–water partition coefficient (Wildman–Crippen LogP) is 3.45. The molecule has 0 saturated carbocycles. The van der Waals surface area contributed by atoms with Crippen molar-refractivity contribution in [3.63, 3.8) is 0 Å². The zero-order valence-corrected chi connectivity index (χ0v) is 13.3. The summed E-state index contributed by atoms with van der Waals surface area (Å²) in [6.45, 7) is 0. The molecular weight excluding hydrogens is 327 g/mol. The number of halogens is 1. The number of benzene rings is 2. The highest BCUT2D eigenvalue weighted by Gasteiger charge is 2.12. The lowest BCUT2D eigenvalue weighted by Crippen LogP contribution is -2.20. The molecule has 0 saturated heterocycles. The number of hydrogen-bond donors (Lipinski definition) is 2. The standard InChI is InChI=1S/C17H15FN4O3/c1-24-14-5-3-2-4-13(14)19-16(23)20-17-22-21-15(25-17)10-11-6-8-12(18)9-7-11/h2-9H,10H2,1H3,(H2,19,20,22,23). The van der Waals surface area contributed by atoms with Crippen molar-refractivity contribution in [2.24, 2.45) is 0 Å². The van der Waals surface area contributed by atoms with E-state index in [2.05, 4.69) is 20.8 Å². The number of aromatic nitrogens is 2. The van der Waals surface area contributed by atoms with Crippen molar-refractivity contribution in [3.8, 4) is 5.75 Å². The summed E-state index contributed by atoms with van der Waals surface area (Å²) in [7, 11) is 1.51. The second-order valence-corrected chi connectivity index (χ2v) is 5.08. The number of para-hydroxylation sites is 2. The summed E-state index contributed by atoms with van der Waals surface area (Å²) in [6, 6.07) is 12.4. The molecule has 7 nitrogen and oxygen atoms in total. The Labute approximate surface area is 142 Å². The number of ether oxygens (including phenoxy) is 1. The van der Waals surface area contributed by atoms with Gasteiger partial charge in [-0.1, -0.05) is 29.4 Å². The van der Waals surface area contributed by atoms with Gasteiger partial charge in [-0.05, 0) is 29.8 Å². The summed E-state index contributed by atoms with van der Waals surface area (Å²) in [4.78, 5) is 12.0. The average Bonchev–Trinajstić information content (AvgIpc) is 3.04. The third-order valence-electron chi connectivity index (χ3n) is 3.31. The van der Waals surface area contributed by atoms with Crippen LogP contribution in [0.2, 0.25) is 0 Å². The summed E-state index contributed by atoms with van der Waals surface area (Å²) in [5.74, 6) is 0.518. The second kappa shape index (κ2) is 7.43. The Balaban J connectivity index is 1.61. The predicted molar refractivity (Wildman–Crippen MR) is 89.1 cm³/mol. The Morgan fingerprint density at radius 1 is 1.12 bits per heavy atom. The number of carbonyl (C=O) groups excluding carboxylic acids is 1. The molecule has 0 aliphatic carbocycles. The van der Waals surface area contributed by atoms with E-state index in [0.717, 1.165) is 5.56 Å². The molecule has 8 heteroatoms. The van der Waals surface area contributed by atoms with Crippen LogP contribution in [0.1, 0.15) is 11.5 Å². The number of rotatable bonds is 5. The fraction of sp³-hybridized carbons (Fsp3) is 0.118. The van der Waals surface area contributed by atoms with Crippen LogP contribution in [0.4, 0.5) is 20.9 Å². The number of hydrogen-bond acceptors (Lipinski definition) is 5. The Bertz CT molecular complexity index is 864. The summed E-state index contributed by atoms with van der Waals surface area (Å²) < 4.78 is 23.4. The van der Waals surface area contributed by atoms with Crippen LogP contribution in [0.5, 0.6) is 5.75 Å². The SMILES string of the molecule is COc1ccccc1NC(=O)Nc1nnc(Cc2ccc(F)cc2)o1. The van der Waals surface area contributed by atoms with Crippen LogP contribution in [0.15, 0.2) is 52.9 Å². The molecular formula is C17H15FN4O3. The van der Waals surface area contributed by atoms with Crippen LogP contribution >= 0.6 is 0 Å². The molecule has 0 fully saturated rings. The number of nitrogens with one attached hydrogen (secondary N) is 2. The first-order valence-corrected chi connectivity index (χ1v) is 7.42. The van der Waals surface area contributed by atoms with E-state index in [1.54, 1.807) is 36.4 Å². The van der Waals surface area contributed by atoms with E-state index < -0.39 is 6.03 Å². The first-order chi connectivity index (χ1) is 12.1. The lowest BCUT2D eigenvalue weighted by molar-refractivity contribution is 0.261. The molecule has 25 heavy (non-hydrogen) atoms. The molecule has 3 aromatic rings. The van der Waals surface area contributed by atoms with Gasteiger partial charge >= 0.3 is 12.0 Å². The van der Waals surface area contributed by atoms with Gasteiger partial charge in [-0.3, -0.25) is 5.32 Å². The molecule has 0 atom stereocenters. The molecule has 0 bridgehead atoms. The van der Waals surface area contributed by atoms with Gasteiger partial charge < -0.3 is 14.5 Å². The fourth-order valence-electron chi connectivity index (χ4n) is 2.15. The fourth-order valence-corrected chi connectivity index (χ4v) is 2.15. The lowest BCUT2D eigenvalue weighted by atomic mass is 10.1. The Hall–Kier alpha value is -3.42. The number of nitrogens with zero attached hydrogens (tertiary/aromatic N) is 2. The minimum atomic E-state index is -0.540. The number of urea groups is 1. The van der Waals surface area contributed by atoms with Crippen LogP contribution in [-0.4, -0.2) is 23.3 Å². The summed E-state index contributed by atoms with van der Waals surface area (Å²) >= 11 is 0. The normalized spacial score (nSPS) is 10.3. The van der Waals surface area contributed by atoms with Gasteiger partial charge in [0, 0.05) is 0 Å². The summed E-state index contributed by atoms with van der Waals surface area (Å²) in [6.07, 6.45) is 0.336. The maximum Gasteiger partial charge on any atom is 0.327 e. The quantitative estimate of drug-likeness (QED) is 0.741. The van der Waals surface area contributed by atoms with Crippen molar-refractivity contribution < 1.29 is 18.3 Å². The van der Waals surface area contributed by atoms with Crippen molar-refractivity contribution in [2.45, 2.75) is 6.42 Å². The van der Waals surface area contributed by atoms with Crippen LogP contribution in [0, 0.1) is 5.82 Å². The largest absolute Gasteiger partial charge is 0.495 e. The van der Waals surface area contributed by atoms with E-state index in [-0.39, 0.29) is 11.8 Å². The number of carbonyl (C=O) groups is 1. The minimum Gasteiger partial charge on any atom is -0.495 e. The zero-order valence-electron chi connectivity index (χ0n) is 13.3. The maximum atomic E-state index is 12.9. The average molecular weight is 342 g/mol. The van der Waals surface area contributed by atoms with Crippen LogP contribution in [0.3, 0.4) is 0 Å². The molecule has 2 amide bonds. The van der Waals surface area contributed by atoms with E-state index in [9.17, 15) is 9.18 Å². The number of anilines is 2. The Morgan fingerprint density at radius 2 is 1.88 bits per heavy atom. The van der Waals surface area contributed by atoms with Crippen LogP contribution < -0.4 is 15.4 Å². The first-order valence-electron chi connectivity index (χ1n) is 7.42. The molecule has 1 aromatic heterocycles. The van der Waals surface area contributed by atoms with Gasteiger partial charge in [0.1, 0.15) is 11.6 Å². The van der Waals surface area contributed by atoms with E-state index in [1.165, 1.54) is 19.2 Å². The monoisotopic (exact) mass is 342 g/mol. The third kappa shape index (κ3) is 4.31. The van der Waals surface area contributed by atoms with Crippen molar-refractivity contribution in [1.29, 1.82) is 0 Å². The van der Waals surface area contributed by atoms with Crippen molar-refractivity contribution in [3.05, 3.63) is 65.8 Å². The molecule has 2 aromatic carbocycles. The van der Waals surface area contributed by atoms with E-state index in [4.69, 9.17) is 9.15 Å². The summed E-state index contributed by atoms with van der Waals surface area (Å²) in [5, 5.41) is 12.7. The highest BCUT2D eigenvalue weighted by molar-refractivity contribution is 5.99. The van der Waals surface area contributed by atoms with Gasteiger partial charge in [0.2, 0.25) is 5.89 Å². The molecule has 3 rings (SSSR count). The van der Waals surface area contributed by atoms with Gasteiger partial charge in [0.05, 0.1) is 19.2 Å². The molecule has 0 unspecified atom stereocenters. The second-order valence-electron chi connectivity index (χ2n) is 5.08. The molecule has 128 valence electrons. The van der Waals surface area contributed by atoms with E-state index in [0.29, 0.717) is 23.7 Å². The topological polar surface area (TPSA) is 89.3 Å². The van der Waals surface area contributed by atoms with Crippen LogP contribution in [0.25, 0.3) is 0 Å². The molecule has 0 radical (unpaired) electrons. The highest BCUT2D eigenvalue weighted by Crippen LogP contribution is 2.23. The van der Waals surface area contributed by atoms with E-state index in [1.807, 2.05) is 0 Å². The third-order valence-corrected chi connectivity index (χ3v) is 3.31. The molecule has 0 spiro atoms. The minimum absolute atomic E-state index is 0.0375. The molecule has 1 heterocycles. The molecule has 0 aliphatic rings. The first kappa shape index (κ1) is 16.4. The van der Waals surface area contributed by atoms with Crippen LogP contribution in [-0.2, 0) is 6.42 Å². The Morgan fingerprint density at radius 3 is 2.64 bits per heavy atom. The van der Waals surface area contributed by atoms with E-state index >= 15 is 0 Å². The smallest absolute Gasteiger partial charge is 0.327 e. The molecule has 2 N–H and O–H groups in total. The lowest BCUT2D eigenvalue weighted by Gasteiger charge is -2.09. The zero-order chi connectivity index (χ0) is 17.6. The van der Waals surface area contributed by atoms with Crippen molar-refractivity contribution in [1.82, 2.24) is 10.2 Å². The molecule has 0 aliphatic heterocycles. The summed E-state index contributed by atoms with van der Waals surface area (Å²) in [5.41, 5.74) is 1.32.